The van der Waals surface area contributed by atoms with Crippen molar-refractivity contribution in [3.63, 3.8) is 0 Å². The highest BCUT2D eigenvalue weighted by molar-refractivity contribution is 6.12. The molecule has 0 aliphatic rings. The van der Waals surface area contributed by atoms with Crippen LogP contribution in [0.15, 0.2) is 0 Å². The highest BCUT2D eigenvalue weighted by Gasteiger charge is 1.29. The molecular formula is CH6ClNO2. The number of nitrogens with one attached hydrogen (secondary N) is 1. The number of rotatable bonds is 0. The van der Waals surface area contributed by atoms with E-state index in [2.05, 4.69) is 11.8 Å². The third-order valence-electron chi connectivity index (χ3n) is 0. The highest BCUT2D eigenvalue weighted by atomic mass is 35.5. The average molecular weight is 99.5 g/mol. The van der Waals surface area contributed by atoms with E-state index in [1.54, 1.807) is 0 Å². The lowest BCUT2D eigenvalue weighted by molar-refractivity contribution is 0.251. The number of hydrogen-bond acceptors (Lipinski definition) is 3. The fourth-order valence-electron chi connectivity index (χ4n) is 0. The van der Waals surface area contributed by atoms with Crippen molar-refractivity contribution in [1.82, 2.24) is 5.00 Å². The molecule has 0 saturated carbocycles. The molecule has 0 aromatic carbocycles. The molecule has 0 aromatic heterocycles. The second-order valence-electron chi connectivity index (χ2n) is 0.0845. The van der Waals surface area contributed by atoms with Gasteiger partial charge in [-0.1, -0.05) is 0 Å². The van der Waals surface area contributed by atoms with Gasteiger partial charge in [0.15, 0.2) is 0 Å². The van der Waals surface area contributed by atoms with Gasteiger partial charge in [0.1, 0.15) is 0 Å². The fraction of sp³-hybridized carbons (Fsp3) is 1.00. The van der Waals surface area contributed by atoms with Crippen LogP contribution < -0.4 is 5.00 Å². The van der Waals surface area contributed by atoms with Gasteiger partial charge in [0.05, 0.1) is 0 Å². The smallest absolute Gasteiger partial charge is 0.0319 e. The van der Waals surface area contributed by atoms with E-state index in [1.807, 2.05) is 0 Å². The van der Waals surface area contributed by atoms with Crippen molar-refractivity contribution in [2.75, 3.05) is 7.11 Å². The predicted molar refractivity (Wildman–Crippen MR) is 18.9 cm³/mol. The van der Waals surface area contributed by atoms with Gasteiger partial charge in [-0.3, -0.25) is 0 Å². The van der Waals surface area contributed by atoms with Crippen LogP contribution in [-0.4, -0.2) is 17.4 Å². The molecule has 0 rings (SSSR count). The van der Waals surface area contributed by atoms with Crippen LogP contribution in [0.4, 0.5) is 0 Å². The molecule has 3 nitrogen and oxygen atoms in total. The largest absolute Gasteiger partial charge is 0.400 e. The van der Waals surface area contributed by atoms with E-state index >= 15 is 0 Å². The van der Waals surface area contributed by atoms with Gasteiger partial charge in [-0.15, -0.1) is 5.00 Å². The molecule has 0 unspecified atom stereocenters. The summed E-state index contributed by atoms with van der Waals surface area (Å²) in [6, 6.07) is 0. The molecule has 4 heteroatoms. The molecule has 0 spiro atoms. The fourth-order valence-corrected chi connectivity index (χ4v) is 0. The van der Waals surface area contributed by atoms with Crippen LogP contribution in [-0.2, 0) is 0 Å². The maximum absolute atomic E-state index is 7.08. The lowest BCUT2D eigenvalue weighted by atomic mass is 11.8. The van der Waals surface area contributed by atoms with Crippen molar-refractivity contribution in [1.29, 1.82) is 0 Å². The van der Waals surface area contributed by atoms with E-state index < -0.39 is 0 Å². The summed E-state index contributed by atoms with van der Waals surface area (Å²) in [5.74, 6) is 0. The molecule has 0 saturated heterocycles. The summed E-state index contributed by atoms with van der Waals surface area (Å²) in [6.07, 6.45) is 0. The third-order valence-corrected chi connectivity index (χ3v) is 0. The van der Waals surface area contributed by atoms with Crippen LogP contribution in [0.2, 0.25) is 0 Å². The minimum atomic E-state index is 1.00. The third kappa shape index (κ3) is 679. The normalized spacial score (nSPS) is 4.80. The van der Waals surface area contributed by atoms with Crippen molar-refractivity contribution in [2.24, 2.45) is 0 Å². The van der Waals surface area contributed by atoms with Gasteiger partial charge < -0.3 is 10.3 Å². The number of halogens is 1. The first kappa shape index (κ1) is 8.95. The average Bonchev–Trinajstić information content (AvgIpc) is 1.46. The second kappa shape index (κ2) is 30.6. The van der Waals surface area contributed by atoms with E-state index in [-0.39, 0.29) is 0 Å². The van der Waals surface area contributed by atoms with E-state index in [9.17, 15) is 0 Å². The lowest BCUT2D eigenvalue weighted by Gasteiger charge is -1.55. The molecule has 5 heavy (non-hydrogen) atoms. The lowest BCUT2D eigenvalue weighted by Crippen LogP contribution is -1.78. The number of aliphatic hydroxyl groups is 1. The van der Waals surface area contributed by atoms with Crippen molar-refractivity contribution < 1.29 is 10.3 Å². The maximum Gasteiger partial charge on any atom is 0.0319 e. The van der Waals surface area contributed by atoms with Gasteiger partial charge in [-0.05, 0) is 0 Å². The second-order valence-corrected chi connectivity index (χ2v) is 0.254. The molecule has 34 valence electrons. The topological polar surface area (TPSA) is 52.5 Å². The molecule has 3 N–H and O–H groups in total. The van der Waals surface area contributed by atoms with E-state index in [1.165, 1.54) is 5.00 Å². The van der Waals surface area contributed by atoms with Crippen molar-refractivity contribution in [3.05, 3.63) is 0 Å². The SMILES string of the molecule is CO.ONCl. The Morgan fingerprint density at radius 1 is 1.60 bits per heavy atom. The van der Waals surface area contributed by atoms with Gasteiger partial charge >= 0.3 is 0 Å². The molecule has 0 aliphatic carbocycles. The summed E-state index contributed by atoms with van der Waals surface area (Å²) in [4.78, 5) is 1.22. The first-order valence-electron chi connectivity index (χ1n) is 0.860. The molecule has 0 aromatic rings. The molecule has 0 heterocycles. The van der Waals surface area contributed by atoms with Crippen LogP contribution >= 0.6 is 11.8 Å². The molecule has 0 bridgehead atoms. The van der Waals surface area contributed by atoms with Gasteiger partial charge in [0.2, 0.25) is 0 Å². The van der Waals surface area contributed by atoms with E-state index in [0.29, 0.717) is 0 Å². The minimum absolute atomic E-state index is 1.00. The summed E-state index contributed by atoms with van der Waals surface area (Å²) in [5, 5.41) is 14.1. The van der Waals surface area contributed by atoms with Crippen LogP contribution in [0.5, 0.6) is 0 Å². The van der Waals surface area contributed by atoms with Crippen molar-refractivity contribution >= 4 is 11.8 Å². The van der Waals surface area contributed by atoms with Crippen LogP contribution in [0.25, 0.3) is 0 Å². The summed E-state index contributed by atoms with van der Waals surface area (Å²) in [6.45, 7) is 0. The summed E-state index contributed by atoms with van der Waals surface area (Å²) in [5.41, 5.74) is 0. The quantitative estimate of drug-likeness (QED) is 0.289. The molecule has 0 aliphatic heterocycles. The van der Waals surface area contributed by atoms with Gasteiger partial charge in [-0.2, -0.15) is 0 Å². The monoisotopic (exact) mass is 99.0 g/mol. The highest BCUT2D eigenvalue weighted by Crippen LogP contribution is 1.37. The van der Waals surface area contributed by atoms with Crippen LogP contribution in [0.3, 0.4) is 0 Å². The van der Waals surface area contributed by atoms with Gasteiger partial charge in [0.25, 0.3) is 0 Å². The van der Waals surface area contributed by atoms with E-state index in [0.717, 1.165) is 7.11 Å². The van der Waals surface area contributed by atoms with Crippen LogP contribution in [0, 0.1) is 0 Å². The van der Waals surface area contributed by atoms with Gasteiger partial charge in [0, 0.05) is 18.9 Å². The Bertz CT molecular complexity index is 9.61. The molecule has 0 fully saturated rings. The standard InChI is InChI=1S/CH4O.ClH2NO/c1-2;1-2-3/h2H,1H3;2-3H. The molecule has 0 radical (unpaired) electrons. The summed E-state index contributed by atoms with van der Waals surface area (Å²) in [7, 11) is 1.00. The zero-order chi connectivity index (χ0) is 4.71. The minimum Gasteiger partial charge on any atom is -0.400 e. The number of aliphatic hydroxyl groups excluding tert-OH is 1. The Hall–Kier alpha value is 0.170. The molecular weight excluding hydrogens is 93.5 g/mol. The van der Waals surface area contributed by atoms with Gasteiger partial charge in [-0.25, -0.2) is 0 Å². The molecule has 0 atom stereocenters. The van der Waals surface area contributed by atoms with Crippen molar-refractivity contribution in [2.45, 2.75) is 0 Å². The first-order chi connectivity index (χ1) is 2.41. The summed E-state index contributed by atoms with van der Waals surface area (Å²) >= 11 is 4.30. The Labute approximate surface area is 35.3 Å². The zero-order valence-electron chi connectivity index (χ0n) is 2.77. The maximum atomic E-state index is 7.08. The zero-order valence-corrected chi connectivity index (χ0v) is 3.53. The molecule has 0 amide bonds. The Balaban J connectivity index is 0. The van der Waals surface area contributed by atoms with E-state index in [4.69, 9.17) is 10.3 Å². The Morgan fingerprint density at radius 3 is 1.60 bits per heavy atom. The first-order valence-corrected chi connectivity index (χ1v) is 1.24. The van der Waals surface area contributed by atoms with Crippen molar-refractivity contribution in [3.8, 4) is 0 Å². The predicted octanol–water partition coefficient (Wildman–Crippen LogP) is -0.273. The Kier molecular flexibility index (Phi) is 54.8. The Morgan fingerprint density at radius 2 is 1.60 bits per heavy atom. The summed E-state index contributed by atoms with van der Waals surface area (Å²) < 4.78 is 0. The number of hydrogen-bond donors (Lipinski definition) is 3. The van der Waals surface area contributed by atoms with Crippen LogP contribution in [0.1, 0.15) is 0 Å².